The molecule has 21 heavy (non-hydrogen) atoms. The molecule has 0 saturated heterocycles. The summed E-state index contributed by atoms with van der Waals surface area (Å²) in [6.45, 7) is 0. The van der Waals surface area contributed by atoms with E-state index in [1.54, 1.807) is 30.3 Å². The minimum atomic E-state index is -2.57. The van der Waals surface area contributed by atoms with Gasteiger partial charge in [0, 0.05) is 17.7 Å². The highest BCUT2D eigenvalue weighted by atomic mass is 32.2. The van der Waals surface area contributed by atoms with E-state index in [0.29, 0.717) is 5.56 Å². The fourth-order valence-corrected chi connectivity index (χ4v) is 2.06. The van der Waals surface area contributed by atoms with Crippen LogP contribution in [0.25, 0.3) is 0 Å². The molecule has 0 aliphatic heterocycles. The molecule has 7 heteroatoms. The minimum Gasteiger partial charge on any atom is -0.507 e. The van der Waals surface area contributed by atoms with Crippen molar-refractivity contribution in [1.82, 2.24) is 0 Å². The fraction of sp³-hybridized carbons (Fsp3) is 0.0714. The SMILES string of the molecule is COc1cc(O)c(C(=O)c2ccccc2)cc1OS(=O)O. The highest BCUT2D eigenvalue weighted by Gasteiger charge is 2.19. The van der Waals surface area contributed by atoms with Gasteiger partial charge in [-0.1, -0.05) is 30.3 Å². The molecular formula is C14H12O6S. The van der Waals surface area contributed by atoms with Crippen molar-refractivity contribution in [3.05, 3.63) is 53.6 Å². The molecule has 0 heterocycles. The summed E-state index contributed by atoms with van der Waals surface area (Å²) in [5.41, 5.74) is 0.316. The largest absolute Gasteiger partial charge is 0.507 e. The van der Waals surface area contributed by atoms with E-state index >= 15 is 0 Å². The van der Waals surface area contributed by atoms with Gasteiger partial charge in [-0.15, -0.1) is 0 Å². The predicted molar refractivity (Wildman–Crippen MR) is 75.9 cm³/mol. The number of benzene rings is 2. The second kappa shape index (κ2) is 6.38. The molecule has 0 spiro atoms. The molecule has 6 nitrogen and oxygen atoms in total. The molecule has 0 bridgehead atoms. The van der Waals surface area contributed by atoms with Gasteiger partial charge < -0.3 is 14.0 Å². The monoisotopic (exact) mass is 308 g/mol. The number of carbonyl (C=O) groups is 1. The van der Waals surface area contributed by atoms with E-state index in [1.807, 2.05) is 0 Å². The first-order chi connectivity index (χ1) is 10.0. The number of phenols is 1. The molecule has 110 valence electrons. The van der Waals surface area contributed by atoms with Crippen LogP contribution in [-0.2, 0) is 11.4 Å². The maximum Gasteiger partial charge on any atom is 0.357 e. The van der Waals surface area contributed by atoms with E-state index in [4.69, 9.17) is 9.29 Å². The molecule has 0 saturated carbocycles. The average Bonchev–Trinajstić information content (AvgIpc) is 2.48. The highest BCUT2D eigenvalue weighted by molar-refractivity contribution is 7.74. The Hall–Kier alpha value is -2.38. The maximum atomic E-state index is 12.3. The van der Waals surface area contributed by atoms with Crippen LogP contribution in [0.4, 0.5) is 0 Å². The van der Waals surface area contributed by atoms with E-state index in [1.165, 1.54) is 7.11 Å². The van der Waals surface area contributed by atoms with Gasteiger partial charge >= 0.3 is 11.4 Å². The lowest BCUT2D eigenvalue weighted by molar-refractivity contribution is 0.103. The number of hydrogen-bond acceptors (Lipinski definition) is 5. The van der Waals surface area contributed by atoms with Crippen LogP contribution in [0.2, 0.25) is 0 Å². The molecule has 0 aromatic heterocycles. The van der Waals surface area contributed by atoms with Crippen molar-refractivity contribution in [3.63, 3.8) is 0 Å². The first kappa shape index (κ1) is 15.0. The molecule has 2 aromatic carbocycles. The Morgan fingerprint density at radius 3 is 2.38 bits per heavy atom. The molecule has 0 amide bonds. The standard InChI is InChI=1S/C14H12O6S/c1-19-12-8-11(15)10(7-13(12)20-21(17)18)14(16)9-5-3-2-4-6-9/h2-8,15H,1H3,(H,17,18). The second-order valence-corrected chi connectivity index (χ2v) is 4.62. The van der Waals surface area contributed by atoms with E-state index in [0.717, 1.165) is 12.1 Å². The van der Waals surface area contributed by atoms with Crippen molar-refractivity contribution in [1.29, 1.82) is 0 Å². The number of ketones is 1. The summed E-state index contributed by atoms with van der Waals surface area (Å²) >= 11 is -2.57. The third kappa shape index (κ3) is 3.39. The van der Waals surface area contributed by atoms with Crippen LogP contribution in [0.5, 0.6) is 17.2 Å². The number of hydrogen-bond donors (Lipinski definition) is 2. The number of methoxy groups -OCH3 is 1. The number of aromatic hydroxyl groups is 1. The molecule has 1 unspecified atom stereocenters. The Bertz CT molecular complexity index is 683. The van der Waals surface area contributed by atoms with Crippen molar-refractivity contribution in [2.75, 3.05) is 7.11 Å². The molecule has 2 N–H and O–H groups in total. The van der Waals surface area contributed by atoms with Crippen LogP contribution in [0, 0.1) is 0 Å². The first-order valence-corrected chi connectivity index (χ1v) is 6.86. The van der Waals surface area contributed by atoms with Crippen LogP contribution in [0.15, 0.2) is 42.5 Å². The van der Waals surface area contributed by atoms with Gasteiger partial charge in [-0.2, -0.15) is 4.21 Å². The Morgan fingerprint density at radius 1 is 1.14 bits per heavy atom. The summed E-state index contributed by atoms with van der Waals surface area (Å²) in [7, 11) is 1.31. The van der Waals surface area contributed by atoms with Gasteiger partial charge in [-0.05, 0) is 0 Å². The minimum absolute atomic E-state index is 0.0412. The lowest BCUT2D eigenvalue weighted by Crippen LogP contribution is -2.05. The van der Waals surface area contributed by atoms with Crippen molar-refractivity contribution in [3.8, 4) is 17.2 Å². The van der Waals surface area contributed by atoms with E-state index in [9.17, 15) is 14.1 Å². The van der Waals surface area contributed by atoms with Crippen LogP contribution >= 0.6 is 0 Å². The third-order valence-corrected chi connectivity index (χ3v) is 3.05. The van der Waals surface area contributed by atoms with Gasteiger partial charge in [0.15, 0.2) is 17.3 Å². The second-order valence-electron chi connectivity index (χ2n) is 4.02. The molecular weight excluding hydrogens is 296 g/mol. The zero-order chi connectivity index (χ0) is 15.4. The Balaban J connectivity index is 2.48. The van der Waals surface area contributed by atoms with E-state index in [-0.39, 0.29) is 22.8 Å². The van der Waals surface area contributed by atoms with Gasteiger partial charge in [0.2, 0.25) is 0 Å². The fourth-order valence-electron chi connectivity index (χ4n) is 1.78. The quantitative estimate of drug-likeness (QED) is 0.649. The van der Waals surface area contributed by atoms with Gasteiger partial charge in [0.1, 0.15) is 5.75 Å². The molecule has 0 radical (unpaired) electrons. The van der Waals surface area contributed by atoms with E-state index in [2.05, 4.69) is 4.18 Å². The van der Waals surface area contributed by atoms with E-state index < -0.39 is 17.1 Å². The van der Waals surface area contributed by atoms with Crippen LogP contribution in [0.3, 0.4) is 0 Å². The molecule has 0 aliphatic rings. The molecule has 0 fully saturated rings. The number of rotatable bonds is 5. The lowest BCUT2D eigenvalue weighted by Gasteiger charge is -2.11. The zero-order valence-corrected chi connectivity index (χ0v) is 11.8. The third-order valence-electron chi connectivity index (χ3n) is 2.72. The Morgan fingerprint density at radius 2 is 1.81 bits per heavy atom. The summed E-state index contributed by atoms with van der Waals surface area (Å²) in [5.74, 6) is -0.823. The molecule has 2 aromatic rings. The van der Waals surface area contributed by atoms with Crippen molar-refractivity contribution < 1.29 is 27.6 Å². The smallest absolute Gasteiger partial charge is 0.357 e. The van der Waals surface area contributed by atoms with Crippen LogP contribution < -0.4 is 8.92 Å². The summed E-state index contributed by atoms with van der Waals surface area (Å²) in [4.78, 5) is 12.3. The highest BCUT2D eigenvalue weighted by Crippen LogP contribution is 2.35. The average molecular weight is 308 g/mol. The molecule has 2 rings (SSSR count). The lowest BCUT2D eigenvalue weighted by atomic mass is 10.0. The molecule has 0 aliphatic carbocycles. The van der Waals surface area contributed by atoms with Crippen molar-refractivity contribution in [2.24, 2.45) is 0 Å². The van der Waals surface area contributed by atoms with Crippen molar-refractivity contribution in [2.45, 2.75) is 0 Å². The van der Waals surface area contributed by atoms with Crippen LogP contribution in [0.1, 0.15) is 15.9 Å². The summed E-state index contributed by atoms with van der Waals surface area (Å²) in [6, 6.07) is 10.6. The van der Waals surface area contributed by atoms with Gasteiger partial charge in [0.05, 0.1) is 12.7 Å². The molecule has 1 atom stereocenters. The van der Waals surface area contributed by atoms with Gasteiger partial charge in [-0.3, -0.25) is 9.35 Å². The van der Waals surface area contributed by atoms with Crippen molar-refractivity contribution >= 4 is 17.1 Å². The van der Waals surface area contributed by atoms with Gasteiger partial charge in [0.25, 0.3) is 0 Å². The maximum absolute atomic E-state index is 12.3. The topological polar surface area (TPSA) is 93.1 Å². The zero-order valence-electron chi connectivity index (χ0n) is 11.0. The number of phenolic OH excluding ortho intramolecular Hbond substituents is 1. The summed E-state index contributed by atoms with van der Waals surface area (Å²) in [5, 5.41) is 9.92. The summed E-state index contributed by atoms with van der Waals surface area (Å²) in [6.07, 6.45) is 0. The Kier molecular flexibility index (Phi) is 4.56. The normalized spacial score (nSPS) is 11.7. The first-order valence-electron chi connectivity index (χ1n) is 5.83. The Labute approximate surface area is 123 Å². The summed E-state index contributed by atoms with van der Waals surface area (Å²) < 4.78 is 29.1. The van der Waals surface area contributed by atoms with Crippen LogP contribution in [-0.4, -0.2) is 26.8 Å². The number of ether oxygens (including phenoxy) is 1. The predicted octanol–water partition coefficient (Wildman–Crippen LogP) is 2.15. The van der Waals surface area contributed by atoms with Gasteiger partial charge in [-0.25, -0.2) is 0 Å². The number of carbonyl (C=O) groups excluding carboxylic acids is 1.